The molecule has 0 bridgehead atoms. The fraction of sp³-hybridized carbons (Fsp3) is 0.467. The molecule has 1 aromatic carbocycles. The van der Waals surface area contributed by atoms with E-state index in [1.54, 1.807) is 6.92 Å². The molecule has 0 fully saturated rings. The summed E-state index contributed by atoms with van der Waals surface area (Å²) in [6.45, 7) is 4.73. The lowest BCUT2D eigenvalue weighted by molar-refractivity contribution is -0.144. The Morgan fingerprint density at radius 3 is 2.53 bits per heavy atom. The molecule has 1 amide bonds. The lowest BCUT2D eigenvalue weighted by atomic mass is 10.0. The number of nitrogens with one attached hydrogen (secondary N) is 1. The van der Waals surface area contributed by atoms with Crippen LogP contribution in [0.4, 0.5) is 0 Å². The third-order valence-corrected chi connectivity index (χ3v) is 2.84. The van der Waals surface area contributed by atoms with Crippen LogP contribution in [0.5, 0.6) is 0 Å². The minimum absolute atomic E-state index is 0.115. The van der Waals surface area contributed by atoms with Crippen LogP contribution in [-0.4, -0.2) is 25.0 Å². The highest BCUT2D eigenvalue weighted by Gasteiger charge is 2.09. The van der Waals surface area contributed by atoms with Gasteiger partial charge in [-0.25, -0.2) is 0 Å². The number of carbonyl (C=O) groups excluding carboxylic acids is 2. The topological polar surface area (TPSA) is 55.4 Å². The van der Waals surface area contributed by atoms with Gasteiger partial charge in [0.15, 0.2) is 0 Å². The molecule has 0 saturated heterocycles. The standard InChI is InChI=1S/C15H21NO3/c1-3-19-15(18)10-9-14(17)16-11-12(2)13-7-5-4-6-8-13/h4-8,12H,3,9-11H2,1-2H3,(H,16,17). The van der Waals surface area contributed by atoms with Crippen molar-refractivity contribution in [1.82, 2.24) is 5.32 Å². The maximum Gasteiger partial charge on any atom is 0.306 e. The number of rotatable bonds is 7. The molecule has 4 nitrogen and oxygen atoms in total. The molecule has 1 atom stereocenters. The largest absolute Gasteiger partial charge is 0.466 e. The zero-order valence-electron chi connectivity index (χ0n) is 11.5. The van der Waals surface area contributed by atoms with Crippen LogP contribution < -0.4 is 5.32 Å². The Morgan fingerprint density at radius 1 is 1.21 bits per heavy atom. The molecule has 1 rings (SSSR count). The lowest BCUT2D eigenvalue weighted by Gasteiger charge is -2.12. The molecule has 1 N–H and O–H groups in total. The molecule has 4 heteroatoms. The van der Waals surface area contributed by atoms with Gasteiger partial charge in [0.2, 0.25) is 5.91 Å². The minimum atomic E-state index is -0.325. The molecule has 0 aliphatic rings. The van der Waals surface area contributed by atoms with Gasteiger partial charge >= 0.3 is 5.97 Å². The number of ether oxygens (including phenoxy) is 1. The molecule has 0 spiro atoms. The van der Waals surface area contributed by atoms with Gasteiger partial charge in [-0.05, 0) is 18.4 Å². The quantitative estimate of drug-likeness (QED) is 0.768. The van der Waals surface area contributed by atoms with Crippen LogP contribution in [0.2, 0.25) is 0 Å². The second kappa shape index (κ2) is 8.29. The van der Waals surface area contributed by atoms with Crippen molar-refractivity contribution in [2.75, 3.05) is 13.2 Å². The maximum absolute atomic E-state index is 11.6. The Balaban J connectivity index is 2.25. The third-order valence-electron chi connectivity index (χ3n) is 2.84. The average Bonchev–Trinajstić information content (AvgIpc) is 2.44. The smallest absolute Gasteiger partial charge is 0.306 e. The van der Waals surface area contributed by atoms with Crippen LogP contribution in [0, 0.1) is 0 Å². The van der Waals surface area contributed by atoms with Crippen molar-refractivity contribution in [1.29, 1.82) is 0 Å². The summed E-state index contributed by atoms with van der Waals surface area (Å²) < 4.78 is 4.77. The normalized spacial score (nSPS) is 11.7. The average molecular weight is 263 g/mol. The Labute approximate surface area is 114 Å². The van der Waals surface area contributed by atoms with E-state index in [0.29, 0.717) is 13.2 Å². The molecule has 19 heavy (non-hydrogen) atoms. The van der Waals surface area contributed by atoms with Gasteiger partial charge in [-0.15, -0.1) is 0 Å². The van der Waals surface area contributed by atoms with E-state index in [1.165, 1.54) is 5.56 Å². The zero-order chi connectivity index (χ0) is 14.1. The molecule has 0 aromatic heterocycles. The van der Waals surface area contributed by atoms with Gasteiger partial charge in [-0.1, -0.05) is 37.3 Å². The van der Waals surface area contributed by atoms with Crippen LogP contribution in [-0.2, 0) is 14.3 Å². The molecule has 0 heterocycles. The summed E-state index contributed by atoms with van der Waals surface area (Å²) >= 11 is 0. The van der Waals surface area contributed by atoms with Gasteiger partial charge in [0.05, 0.1) is 13.0 Å². The van der Waals surface area contributed by atoms with E-state index in [1.807, 2.05) is 30.3 Å². The number of benzene rings is 1. The van der Waals surface area contributed by atoms with Crippen molar-refractivity contribution in [3.05, 3.63) is 35.9 Å². The Bertz CT molecular complexity index is 403. The molecule has 0 aliphatic carbocycles. The number of hydrogen-bond acceptors (Lipinski definition) is 3. The van der Waals surface area contributed by atoms with E-state index in [9.17, 15) is 9.59 Å². The van der Waals surface area contributed by atoms with E-state index < -0.39 is 0 Å². The van der Waals surface area contributed by atoms with E-state index >= 15 is 0 Å². The summed E-state index contributed by atoms with van der Waals surface area (Å²) in [6.07, 6.45) is 0.319. The van der Waals surface area contributed by atoms with Gasteiger partial charge in [-0.3, -0.25) is 9.59 Å². The van der Waals surface area contributed by atoms with Gasteiger partial charge < -0.3 is 10.1 Å². The first-order valence-electron chi connectivity index (χ1n) is 6.60. The van der Waals surface area contributed by atoms with Crippen molar-refractivity contribution < 1.29 is 14.3 Å². The number of amides is 1. The van der Waals surface area contributed by atoms with Crippen LogP contribution in [0.3, 0.4) is 0 Å². The highest BCUT2D eigenvalue weighted by Crippen LogP contribution is 2.12. The first kappa shape index (κ1) is 15.2. The predicted molar refractivity (Wildman–Crippen MR) is 73.7 cm³/mol. The van der Waals surface area contributed by atoms with Gasteiger partial charge in [-0.2, -0.15) is 0 Å². The SMILES string of the molecule is CCOC(=O)CCC(=O)NCC(C)c1ccccc1. The fourth-order valence-corrected chi connectivity index (χ4v) is 1.70. The van der Waals surface area contributed by atoms with Crippen LogP contribution in [0.25, 0.3) is 0 Å². The molecular weight excluding hydrogens is 242 g/mol. The fourth-order valence-electron chi connectivity index (χ4n) is 1.70. The van der Waals surface area contributed by atoms with Crippen molar-refractivity contribution >= 4 is 11.9 Å². The Hall–Kier alpha value is -1.84. The Kier molecular flexibility index (Phi) is 6.64. The lowest BCUT2D eigenvalue weighted by Crippen LogP contribution is -2.27. The van der Waals surface area contributed by atoms with Gasteiger partial charge in [0.1, 0.15) is 0 Å². The minimum Gasteiger partial charge on any atom is -0.466 e. The van der Waals surface area contributed by atoms with E-state index in [-0.39, 0.29) is 30.6 Å². The van der Waals surface area contributed by atoms with Crippen LogP contribution in [0.15, 0.2) is 30.3 Å². The number of esters is 1. The van der Waals surface area contributed by atoms with E-state index in [2.05, 4.69) is 12.2 Å². The van der Waals surface area contributed by atoms with Gasteiger partial charge in [0.25, 0.3) is 0 Å². The summed E-state index contributed by atoms with van der Waals surface area (Å²) in [5.74, 6) is -0.183. The third kappa shape index (κ3) is 6.04. The van der Waals surface area contributed by atoms with Gasteiger partial charge in [0, 0.05) is 13.0 Å². The summed E-state index contributed by atoms with van der Waals surface area (Å²) in [5, 5.41) is 2.83. The van der Waals surface area contributed by atoms with Crippen LogP contribution in [0.1, 0.15) is 38.2 Å². The Morgan fingerprint density at radius 2 is 1.89 bits per heavy atom. The molecule has 1 aromatic rings. The molecule has 0 aliphatic heterocycles. The highest BCUT2D eigenvalue weighted by molar-refractivity contribution is 5.81. The number of carbonyl (C=O) groups is 2. The van der Waals surface area contributed by atoms with E-state index in [0.717, 1.165) is 0 Å². The van der Waals surface area contributed by atoms with Crippen molar-refractivity contribution in [2.24, 2.45) is 0 Å². The first-order valence-corrected chi connectivity index (χ1v) is 6.60. The summed E-state index contributed by atoms with van der Waals surface area (Å²) in [5.41, 5.74) is 1.19. The van der Waals surface area contributed by atoms with Crippen LogP contribution >= 0.6 is 0 Å². The summed E-state index contributed by atoms with van der Waals surface area (Å²) in [4.78, 5) is 22.7. The molecule has 104 valence electrons. The molecule has 0 saturated carbocycles. The summed E-state index contributed by atoms with van der Waals surface area (Å²) in [6, 6.07) is 10.0. The molecule has 0 radical (unpaired) electrons. The number of hydrogen-bond donors (Lipinski definition) is 1. The monoisotopic (exact) mass is 263 g/mol. The maximum atomic E-state index is 11.6. The molecule has 1 unspecified atom stereocenters. The van der Waals surface area contributed by atoms with E-state index in [4.69, 9.17) is 4.74 Å². The van der Waals surface area contributed by atoms with Crippen molar-refractivity contribution in [3.8, 4) is 0 Å². The molecular formula is C15H21NO3. The highest BCUT2D eigenvalue weighted by atomic mass is 16.5. The van der Waals surface area contributed by atoms with Crippen molar-refractivity contribution in [2.45, 2.75) is 32.6 Å². The zero-order valence-corrected chi connectivity index (χ0v) is 11.5. The first-order chi connectivity index (χ1) is 9.13. The summed E-state index contributed by atoms with van der Waals surface area (Å²) in [7, 11) is 0. The second-order valence-corrected chi connectivity index (χ2v) is 4.42. The second-order valence-electron chi connectivity index (χ2n) is 4.42. The van der Waals surface area contributed by atoms with Crippen molar-refractivity contribution in [3.63, 3.8) is 0 Å². The predicted octanol–water partition coefficient (Wildman–Crippen LogP) is 2.25.